The van der Waals surface area contributed by atoms with Crippen LogP contribution in [0, 0.1) is 0 Å². The quantitative estimate of drug-likeness (QED) is 0.926. The smallest absolute Gasteiger partial charge is 0.118 e. The lowest BCUT2D eigenvalue weighted by atomic mass is 9.89. The third-order valence-corrected chi connectivity index (χ3v) is 4.82. The average molecular weight is 310 g/mol. The first-order valence-electron chi connectivity index (χ1n) is 8.26. The third-order valence-electron chi connectivity index (χ3n) is 4.82. The second kappa shape index (κ2) is 5.95. The molecule has 0 radical (unpaired) electrons. The van der Waals surface area contributed by atoms with Crippen molar-refractivity contribution in [2.75, 3.05) is 13.7 Å². The molecule has 2 aromatic rings. The zero-order valence-corrected chi connectivity index (χ0v) is 13.7. The molecule has 2 aliphatic rings. The minimum absolute atomic E-state index is 0.246. The topological polar surface area (TPSA) is 43.4 Å². The van der Waals surface area contributed by atoms with Gasteiger partial charge in [0.15, 0.2) is 0 Å². The van der Waals surface area contributed by atoms with Gasteiger partial charge in [-0.1, -0.05) is 0 Å². The highest BCUT2D eigenvalue weighted by molar-refractivity contribution is 5.67. The summed E-state index contributed by atoms with van der Waals surface area (Å²) < 4.78 is 11.2. The fourth-order valence-corrected chi connectivity index (χ4v) is 3.56. The van der Waals surface area contributed by atoms with Gasteiger partial charge in [-0.05, 0) is 47.9 Å². The van der Waals surface area contributed by atoms with Gasteiger partial charge in [0.25, 0.3) is 0 Å². The van der Waals surface area contributed by atoms with Gasteiger partial charge in [0.2, 0.25) is 0 Å². The molecule has 0 saturated carbocycles. The molecule has 0 spiro atoms. The highest BCUT2D eigenvalue weighted by atomic mass is 16.5. The van der Waals surface area contributed by atoms with Crippen LogP contribution < -0.4 is 10.1 Å². The predicted octanol–water partition coefficient (Wildman–Crippen LogP) is 2.86. The second-order valence-electron chi connectivity index (χ2n) is 6.32. The molecular weight excluding hydrogens is 288 g/mol. The number of nitrogens with one attached hydrogen (secondary N) is 1. The van der Waals surface area contributed by atoms with Crippen molar-refractivity contribution in [1.29, 1.82) is 0 Å². The molecule has 3 heterocycles. The van der Waals surface area contributed by atoms with Crippen LogP contribution >= 0.6 is 0 Å². The van der Waals surface area contributed by atoms with Gasteiger partial charge in [-0.2, -0.15) is 0 Å². The molecule has 0 amide bonds. The summed E-state index contributed by atoms with van der Waals surface area (Å²) in [5.74, 6) is 0.876. The number of pyridine rings is 1. The largest absolute Gasteiger partial charge is 0.497 e. The summed E-state index contributed by atoms with van der Waals surface area (Å²) in [4.78, 5) is 5.05. The highest BCUT2D eigenvalue weighted by Crippen LogP contribution is 2.35. The van der Waals surface area contributed by atoms with Gasteiger partial charge in [0.1, 0.15) is 5.75 Å². The highest BCUT2D eigenvalue weighted by Gasteiger charge is 2.26. The number of rotatable bonds is 2. The number of fused-ring (bicyclic) bond motifs is 3. The van der Waals surface area contributed by atoms with E-state index in [0.717, 1.165) is 42.9 Å². The predicted molar refractivity (Wildman–Crippen MR) is 89.6 cm³/mol. The number of aromatic nitrogens is 1. The van der Waals surface area contributed by atoms with Crippen molar-refractivity contribution >= 4 is 0 Å². The van der Waals surface area contributed by atoms with Crippen LogP contribution in [0.3, 0.4) is 0 Å². The lowest BCUT2D eigenvalue weighted by Gasteiger charge is -2.30. The van der Waals surface area contributed by atoms with Crippen molar-refractivity contribution < 1.29 is 9.47 Å². The molecule has 0 bridgehead atoms. The molecule has 4 heteroatoms. The van der Waals surface area contributed by atoms with E-state index >= 15 is 0 Å². The second-order valence-corrected chi connectivity index (χ2v) is 6.32. The van der Waals surface area contributed by atoms with E-state index in [4.69, 9.17) is 14.5 Å². The molecule has 1 aromatic heterocycles. The Morgan fingerprint density at radius 3 is 2.78 bits per heavy atom. The molecular formula is C19H22N2O2. The summed E-state index contributed by atoms with van der Waals surface area (Å²) in [6.07, 6.45) is 2.16. The molecule has 0 fully saturated rings. The molecule has 0 unspecified atom stereocenters. The van der Waals surface area contributed by atoms with E-state index in [0.29, 0.717) is 6.61 Å². The number of benzene rings is 1. The first kappa shape index (κ1) is 14.7. The maximum absolute atomic E-state index is 5.92. The van der Waals surface area contributed by atoms with Crippen LogP contribution in [0.2, 0.25) is 0 Å². The van der Waals surface area contributed by atoms with E-state index in [2.05, 4.69) is 24.4 Å². The molecule has 0 aliphatic carbocycles. The van der Waals surface area contributed by atoms with E-state index in [1.807, 2.05) is 12.1 Å². The number of nitrogens with zero attached hydrogens (tertiary/aromatic N) is 1. The van der Waals surface area contributed by atoms with E-state index in [1.165, 1.54) is 22.4 Å². The van der Waals surface area contributed by atoms with Crippen molar-refractivity contribution in [3.8, 4) is 17.0 Å². The standard InChI is InChI=1S/C19H22N2O2/c1-12-9-15-17(11-23-12)16-10-20-8-7-18(16)21-19(15)13-3-5-14(22-2)6-4-13/h3-6,12,20H,7-11H2,1-2H3/t12-/m0/s1. The number of methoxy groups -OCH3 is 1. The minimum atomic E-state index is 0.246. The Morgan fingerprint density at radius 2 is 2.00 bits per heavy atom. The third kappa shape index (κ3) is 2.62. The summed E-state index contributed by atoms with van der Waals surface area (Å²) in [6, 6.07) is 8.23. The Labute approximate surface area is 136 Å². The number of ether oxygens (including phenoxy) is 2. The molecule has 1 N–H and O–H groups in total. The molecule has 0 saturated heterocycles. The van der Waals surface area contributed by atoms with Gasteiger partial charge in [-0.3, -0.25) is 4.98 Å². The van der Waals surface area contributed by atoms with E-state index in [1.54, 1.807) is 7.11 Å². The average Bonchev–Trinajstić information content (AvgIpc) is 2.61. The molecule has 1 atom stereocenters. The normalized spacial score (nSPS) is 19.8. The maximum Gasteiger partial charge on any atom is 0.118 e. The van der Waals surface area contributed by atoms with Gasteiger partial charge < -0.3 is 14.8 Å². The Balaban J connectivity index is 1.87. The Hall–Kier alpha value is -1.91. The van der Waals surface area contributed by atoms with Crippen LogP contribution in [-0.4, -0.2) is 24.7 Å². The van der Waals surface area contributed by atoms with Crippen LogP contribution in [0.1, 0.15) is 29.3 Å². The van der Waals surface area contributed by atoms with Crippen molar-refractivity contribution in [3.63, 3.8) is 0 Å². The Kier molecular flexibility index (Phi) is 3.79. The number of hydrogen-bond acceptors (Lipinski definition) is 4. The lowest BCUT2D eigenvalue weighted by molar-refractivity contribution is 0.0403. The van der Waals surface area contributed by atoms with Crippen molar-refractivity contribution in [1.82, 2.24) is 10.3 Å². The van der Waals surface area contributed by atoms with Crippen molar-refractivity contribution in [3.05, 3.63) is 46.6 Å². The van der Waals surface area contributed by atoms with Crippen LogP contribution in [0.25, 0.3) is 11.3 Å². The van der Waals surface area contributed by atoms with Crippen molar-refractivity contribution in [2.24, 2.45) is 0 Å². The van der Waals surface area contributed by atoms with E-state index in [-0.39, 0.29) is 6.10 Å². The lowest BCUT2D eigenvalue weighted by Crippen LogP contribution is -2.30. The summed E-state index contributed by atoms with van der Waals surface area (Å²) in [5, 5.41) is 3.46. The van der Waals surface area contributed by atoms with Crippen LogP contribution in [0.15, 0.2) is 24.3 Å². The maximum atomic E-state index is 5.92. The molecule has 4 rings (SSSR count). The first-order chi connectivity index (χ1) is 11.3. The van der Waals surface area contributed by atoms with Crippen LogP contribution in [-0.2, 0) is 30.7 Å². The Bertz CT molecular complexity index is 725. The van der Waals surface area contributed by atoms with Crippen LogP contribution in [0.5, 0.6) is 5.75 Å². The zero-order chi connectivity index (χ0) is 15.8. The van der Waals surface area contributed by atoms with Gasteiger partial charge in [-0.15, -0.1) is 0 Å². The van der Waals surface area contributed by atoms with Crippen LogP contribution in [0.4, 0.5) is 0 Å². The fourth-order valence-electron chi connectivity index (χ4n) is 3.56. The summed E-state index contributed by atoms with van der Waals surface area (Å²) >= 11 is 0. The minimum Gasteiger partial charge on any atom is -0.497 e. The van der Waals surface area contributed by atoms with E-state index < -0.39 is 0 Å². The van der Waals surface area contributed by atoms with Gasteiger partial charge in [-0.25, -0.2) is 0 Å². The number of hydrogen-bond donors (Lipinski definition) is 1. The van der Waals surface area contributed by atoms with Crippen molar-refractivity contribution in [2.45, 2.75) is 39.0 Å². The fraction of sp³-hybridized carbons (Fsp3) is 0.421. The van der Waals surface area contributed by atoms with Gasteiger partial charge >= 0.3 is 0 Å². The monoisotopic (exact) mass is 310 g/mol. The summed E-state index contributed by atoms with van der Waals surface area (Å²) in [7, 11) is 1.69. The summed E-state index contributed by atoms with van der Waals surface area (Å²) in [5.41, 5.74) is 7.58. The summed E-state index contributed by atoms with van der Waals surface area (Å²) in [6.45, 7) is 4.74. The molecule has 120 valence electrons. The molecule has 1 aromatic carbocycles. The first-order valence-corrected chi connectivity index (χ1v) is 8.26. The Morgan fingerprint density at radius 1 is 1.17 bits per heavy atom. The zero-order valence-electron chi connectivity index (χ0n) is 13.7. The molecule has 4 nitrogen and oxygen atoms in total. The van der Waals surface area contributed by atoms with E-state index in [9.17, 15) is 0 Å². The molecule has 2 aliphatic heterocycles. The SMILES string of the molecule is COc1ccc(-c2nc3c(c4c2C[C@H](C)OC4)CNCC3)cc1. The molecule has 23 heavy (non-hydrogen) atoms. The van der Waals surface area contributed by atoms with Gasteiger partial charge in [0, 0.05) is 37.2 Å². The van der Waals surface area contributed by atoms with Gasteiger partial charge in [0.05, 0.1) is 25.5 Å².